The minimum absolute atomic E-state index is 0.182. The van der Waals surface area contributed by atoms with Crippen molar-refractivity contribution in [2.75, 3.05) is 4.90 Å². The van der Waals surface area contributed by atoms with E-state index in [0.717, 1.165) is 0 Å². The lowest BCUT2D eigenvalue weighted by Gasteiger charge is -2.26. The van der Waals surface area contributed by atoms with Crippen LogP contribution in [0.15, 0.2) is 184 Å². The number of fused-ring (bicyclic) bond motifs is 8. The first-order chi connectivity index (χ1) is 33.5. The van der Waals surface area contributed by atoms with E-state index in [0.29, 0.717) is 26.8 Å². The van der Waals surface area contributed by atoms with Gasteiger partial charge in [0.1, 0.15) is 22.3 Å². The molecule has 10 rings (SSSR count). The van der Waals surface area contributed by atoms with Crippen LogP contribution in [-0.4, -0.2) is 0 Å². The van der Waals surface area contributed by atoms with Crippen molar-refractivity contribution >= 4 is 71.7 Å². The maximum Gasteiger partial charge on any atom is 0.143 e. The average molecular weight is 650 g/mol. The monoisotopic (exact) mass is 649 g/mol. The lowest BCUT2D eigenvalue weighted by Crippen LogP contribution is -2.10. The molecule has 0 aliphatic heterocycles. The Morgan fingerprint density at radius 2 is 1.12 bits per heavy atom. The van der Waals surface area contributed by atoms with Gasteiger partial charge in [-0.05, 0) is 88.1 Å². The van der Waals surface area contributed by atoms with E-state index < -0.39 is 194 Å². The van der Waals surface area contributed by atoms with Crippen LogP contribution >= 0.6 is 0 Å². The van der Waals surface area contributed by atoms with Crippen molar-refractivity contribution in [3.05, 3.63) is 175 Å². The maximum absolute atomic E-state index is 9.65. The van der Waals surface area contributed by atoms with Crippen molar-refractivity contribution in [3.8, 4) is 22.3 Å². The van der Waals surface area contributed by atoms with E-state index in [1.807, 2.05) is 0 Å². The standard InChI is InChI=1S/C46H29NO2/c1-2-9-30(10-3-1)31-17-23-35(24-18-31)47(41-14-8-16-44-45(41)39-27-21-33-11-4-5-12-37(33)46(39)49-44)36-25-19-32(20-26-36)34-22-28-43-40(29-34)38-13-6-7-15-42(38)48-43/h1-29H/i1D,2D,3D,4D,5D,8D,9D,10D,11D,12D,14D,16D,17D,18D,19D,20D,21D,23D,24D,25D,26D,27D. The van der Waals surface area contributed by atoms with Gasteiger partial charge in [-0.25, -0.2) is 0 Å². The summed E-state index contributed by atoms with van der Waals surface area (Å²) in [5.74, 6) is 0. The van der Waals surface area contributed by atoms with Gasteiger partial charge in [0.25, 0.3) is 0 Å². The molecule has 2 aromatic heterocycles. The summed E-state index contributed by atoms with van der Waals surface area (Å²) in [5, 5.41) is -0.746. The first-order valence-electron chi connectivity index (χ1n) is 25.8. The fourth-order valence-electron chi connectivity index (χ4n) is 5.82. The summed E-state index contributed by atoms with van der Waals surface area (Å²) in [6.07, 6.45) is 0. The van der Waals surface area contributed by atoms with Gasteiger partial charge in [-0.1, -0.05) is 115 Å². The smallest absolute Gasteiger partial charge is 0.143 e. The van der Waals surface area contributed by atoms with Gasteiger partial charge in [-0.15, -0.1) is 0 Å². The van der Waals surface area contributed by atoms with Crippen molar-refractivity contribution in [1.29, 1.82) is 0 Å². The second-order valence-corrected chi connectivity index (χ2v) is 10.8. The van der Waals surface area contributed by atoms with Gasteiger partial charge in [0.15, 0.2) is 0 Å². The fourth-order valence-corrected chi connectivity index (χ4v) is 5.82. The van der Waals surface area contributed by atoms with Crippen LogP contribution in [0.5, 0.6) is 0 Å². The number of hydrogen-bond acceptors (Lipinski definition) is 3. The van der Waals surface area contributed by atoms with E-state index in [-0.39, 0.29) is 11.1 Å². The third kappa shape index (κ3) is 4.51. The first-order valence-corrected chi connectivity index (χ1v) is 14.8. The second-order valence-electron chi connectivity index (χ2n) is 10.8. The van der Waals surface area contributed by atoms with E-state index >= 15 is 0 Å². The Bertz CT molecular complexity index is 4020. The molecule has 0 saturated heterocycles. The molecular formula is C46H29NO2. The molecule has 49 heavy (non-hydrogen) atoms. The minimum atomic E-state index is -1.10. The van der Waals surface area contributed by atoms with Crippen molar-refractivity contribution < 1.29 is 39.0 Å². The number of benzene rings is 8. The highest BCUT2D eigenvalue weighted by Gasteiger charge is 2.20. The molecule has 2 heterocycles. The zero-order chi connectivity index (χ0) is 51.5. The highest BCUT2D eigenvalue weighted by Crippen LogP contribution is 2.45. The van der Waals surface area contributed by atoms with Crippen LogP contribution in [-0.2, 0) is 0 Å². The molecule has 0 spiro atoms. The molecule has 230 valence electrons. The van der Waals surface area contributed by atoms with Crippen molar-refractivity contribution in [2.45, 2.75) is 0 Å². The van der Waals surface area contributed by atoms with Gasteiger partial charge >= 0.3 is 0 Å². The molecule has 0 aliphatic carbocycles. The molecule has 0 amide bonds. The topological polar surface area (TPSA) is 29.5 Å². The molecule has 0 unspecified atom stereocenters. The minimum Gasteiger partial charge on any atom is -0.456 e. The summed E-state index contributed by atoms with van der Waals surface area (Å²) >= 11 is 0. The number of rotatable bonds is 5. The highest BCUT2D eigenvalue weighted by molar-refractivity contribution is 6.19. The van der Waals surface area contributed by atoms with Gasteiger partial charge in [0, 0.05) is 32.9 Å². The SMILES string of the molecule is [2H]c1c([2H])c([2H])c(-c2c([2H])c([2H])c(N(c3c([2H])c([2H])c(-c4ccc5oc6ccccc6c5c4)c([2H])c3[2H])c3c([2H])c([2H])c([2H])c4oc5c6c([2H])c([2H])c([2H])c([2H])c6c([2H])c([2H])c5c34)c([2H])c2[2H])c([2H])c1[2H]. The van der Waals surface area contributed by atoms with E-state index in [1.54, 1.807) is 36.4 Å². The van der Waals surface area contributed by atoms with Gasteiger partial charge in [0.2, 0.25) is 0 Å². The van der Waals surface area contributed by atoms with Crippen LogP contribution in [0.25, 0.3) is 76.9 Å². The molecule has 0 N–H and O–H groups in total. The third-order valence-corrected chi connectivity index (χ3v) is 8.04. The van der Waals surface area contributed by atoms with Crippen LogP contribution < -0.4 is 4.90 Å². The molecule has 10 aromatic rings. The molecular weight excluding hydrogens is 599 g/mol. The summed E-state index contributed by atoms with van der Waals surface area (Å²) in [5.41, 5.74) is -4.41. The number of nitrogens with zero attached hydrogens (tertiary/aromatic N) is 1. The van der Waals surface area contributed by atoms with Crippen LogP contribution in [0.1, 0.15) is 30.2 Å². The van der Waals surface area contributed by atoms with Gasteiger partial charge in [-0.3, -0.25) is 0 Å². The maximum atomic E-state index is 9.65. The lowest BCUT2D eigenvalue weighted by molar-refractivity contribution is 0.669. The zero-order valence-electron chi connectivity index (χ0n) is 46.8. The molecule has 3 heteroatoms. The second kappa shape index (κ2) is 11.0. The molecule has 8 aromatic carbocycles. The summed E-state index contributed by atoms with van der Waals surface area (Å²) < 4.78 is 210. The molecule has 0 fully saturated rings. The van der Waals surface area contributed by atoms with Crippen LogP contribution in [0.4, 0.5) is 17.1 Å². The van der Waals surface area contributed by atoms with E-state index in [4.69, 9.17) is 25.3 Å². The summed E-state index contributed by atoms with van der Waals surface area (Å²) in [4.78, 5) is 0.606. The van der Waals surface area contributed by atoms with Gasteiger partial charge in [0.05, 0.1) is 41.2 Å². The Morgan fingerprint density at radius 1 is 0.429 bits per heavy atom. The van der Waals surface area contributed by atoms with Crippen LogP contribution in [0.3, 0.4) is 0 Å². The summed E-state index contributed by atoms with van der Waals surface area (Å²) in [6.45, 7) is 0. The van der Waals surface area contributed by atoms with Crippen molar-refractivity contribution in [2.24, 2.45) is 0 Å². The molecule has 0 aliphatic rings. The Hall–Kier alpha value is -6.58. The van der Waals surface area contributed by atoms with E-state index in [2.05, 4.69) is 0 Å². The summed E-state index contributed by atoms with van der Waals surface area (Å²) in [7, 11) is 0. The number of para-hydroxylation sites is 1. The quantitative estimate of drug-likeness (QED) is 0.186. The van der Waals surface area contributed by atoms with Crippen LogP contribution in [0, 0.1) is 0 Å². The molecule has 0 saturated carbocycles. The Balaban J connectivity index is 1.39. The fraction of sp³-hybridized carbons (Fsp3) is 0. The van der Waals surface area contributed by atoms with Crippen molar-refractivity contribution in [3.63, 3.8) is 0 Å². The number of anilines is 3. The predicted octanol–water partition coefficient (Wildman–Crippen LogP) is 13.4. The normalized spacial score (nSPS) is 18.0. The highest BCUT2D eigenvalue weighted by atomic mass is 16.3. The average Bonchev–Trinajstić information content (AvgIpc) is 3.93. The Labute approximate surface area is 313 Å². The molecule has 3 nitrogen and oxygen atoms in total. The van der Waals surface area contributed by atoms with Crippen LogP contribution in [0.2, 0.25) is 0 Å². The third-order valence-electron chi connectivity index (χ3n) is 8.04. The van der Waals surface area contributed by atoms with E-state index in [1.165, 1.54) is 6.07 Å². The largest absolute Gasteiger partial charge is 0.456 e. The lowest BCUT2D eigenvalue weighted by atomic mass is 10.0. The summed E-state index contributed by atoms with van der Waals surface area (Å²) in [6, 6.07) is -7.53. The molecule has 0 radical (unpaired) electrons. The first kappa shape index (κ1) is 13.5. The van der Waals surface area contributed by atoms with E-state index in [9.17, 15) is 13.7 Å². The Morgan fingerprint density at radius 3 is 1.94 bits per heavy atom. The molecule has 0 atom stereocenters. The zero-order valence-corrected chi connectivity index (χ0v) is 24.8. The van der Waals surface area contributed by atoms with Gasteiger partial charge < -0.3 is 13.7 Å². The molecule has 0 bridgehead atoms. The van der Waals surface area contributed by atoms with Gasteiger partial charge in [-0.2, -0.15) is 0 Å². The van der Waals surface area contributed by atoms with Crippen molar-refractivity contribution in [1.82, 2.24) is 0 Å². The Kier molecular flexibility index (Phi) is 3.03. The predicted molar refractivity (Wildman–Crippen MR) is 204 cm³/mol. The number of hydrogen-bond donors (Lipinski definition) is 0. The number of furan rings is 2.